The van der Waals surface area contributed by atoms with Crippen LogP contribution in [0.1, 0.15) is 37.7 Å². The van der Waals surface area contributed by atoms with E-state index in [1.54, 1.807) is 13.1 Å². The van der Waals surface area contributed by atoms with E-state index in [9.17, 15) is 13.2 Å². The Bertz CT molecular complexity index is 700. The lowest BCUT2D eigenvalue weighted by atomic mass is 9.80. The van der Waals surface area contributed by atoms with Crippen molar-refractivity contribution in [1.29, 1.82) is 0 Å². The van der Waals surface area contributed by atoms with Gasteiger partial charge in [0.05, 0.1) is 13.2 Å². The first-order valence-electron chi connectivity index (χ1n) is 10.8. The first-order chi connectivity index (χ1) is 14.9. The topological polar surface area (TPSA) is 71.0 Å². The van der Waals surface area contributed by atoms with Crippen molar-refractivity contribution < 1.29 is 22.6 Å². The zero-order valence-corrected chi connectivity index (χ0v) is 18.0. The minimum absolute atomic E-state index is 0.0478. The van der Waals surface area contributed by atoms with Gasteiger partial charge >= 0.3 is 6.18 Å². The van der Waals surface area contributed by atoms with E-state index < -0.39 is 12.8 Å². The lowest BCUT2D eigenvalue weighted by Crippen LogP contribution is -2.60. The average molecular weight is 444 g/mol. The lowest BCUT2D eigenvalue weighted by molar-refractivity contribution is -0.154. The summed E-state index contributed by atoms with van der Waals surface area (Å²) < 4.78 is 46.9. The molecule has 0 amide bonds. The number of hydrogen-bond acceptors (Lipinski definition) is 5. The monoisotopic (exact) mass is 443 g/mol. The van der Waals surface area contributed by atoms with Crippen LogP contribution in [-0.2, 0) is 11.3 Å². The predicted molar refractivity (Wildman–Crippen MR) is 112 cm³/mol. The van der Waals surface area contributed by atoms with Crippen LogP contribution in [0.5, 0.6) is 5.88 Å². The number of pyridine rings is 1. The van der Waals surface area contributed by atoms with E-state index in [0.717, 1.165) is 38.4 Å². The van der Waals surface area contributed by atoms with Crippen molar-refractivity contribution >= 4 is 5.96 Å². The van der Waals surface area contributed by atoms with Crippen LogP contribution in [0.25, 0.3) is 0 Å². The van der Waals surface area contributed by atoms with Crippen molar-refractivity contribution in [2.75, 3.05) is 46.5 Å². The molecule has 0 radical (unpaired) electrons. The minimum Gasteiger partial charge on any atom is -0.468 e. The van der Waals surface area contributed by atoms with E-state index in [1.807, 2.05) is 0 Å². The number of aliphatic imine (C=N–C) groups is 1. The van der Waals surface area contributed by atoms with E-state index in [4.69, 9.17) is 4.74 Å². The molecule has 7 nitrogen and oxygen atoms in total. The Kier molecular flexibility index (Phi) is 8.36. The number of aromatic nitrogens is 1. The Morgan fingerprint density at radius 2 is 1.94 bits per heavy atom. The molecule has 1 saturated heterocycles. The normalized spacial score (nSPS) is 20.3. The van der Waals surface area contributed by atoms with Crippen LogP contribution in [0.4, 0.5) is 13.2 Å². The van der Waals surface area contributed by atoms with Crippen LogP contribution in [-0.4, -0.2) is 74.1 Å². The zero-order valence-electron chi connectivity index (χ0n) is 18.0. The van der Waals surface area contributed by atoms with Crippen LogP contribution in [0.15, 0.2) is 23.3 Å². The molecule has 1 aromatic rings. The Labute approximate surface area is 181 Å². The largest absolute Gasteiger partial charge is 0.468 e. The smallest absolute Gasteiger partial charge is 0.422 e. The summed E-state index contributed by atoms with van der Waals surface area (Å²) in [6, 6.07) is 3.13. The summed E-state index contributed by atoms with van der Waals surface area (Å²) in [5.74, 6) is 0.643. The molecular formula is C21H32F3N5O2. The Hall–Kier alpha value is -2.07. The maximum Gasteiger partial charge on any atom is 0.422 e. The van der Waals surface area contributed by atoms with Crippen molar-refractivity contribution in [3.05, 3.63) is 23.9 Å². The van der Waals surface area contributed by atoms with Crippen molar-refractivity contribution in [2.45, 2.75) is 50.4 Å². The van der Waals surface area contributed by atoms with Gasteiger partial charge in [0, 0.05) is 51.0 Å². The summed E-state index contributed by atoms with van der Waals surface area (Å²) in [4.78, 5) is 10.8. The highest BCUT2D eigenvalue weighted by molar-refractivity contribution is 5.79. The second-order valence-corrected chi connectivity index (χ2v) is 8.07. The molecule has 1 aromatic heterocycles. The first-order valence-corrected chi connectivity index (χ1v) is 10.8. The molecule has 31 heavy (non-hydrogen) atoms. The van der Waals surface area contributed by atoms with Crippen LogP contribution in [0.2, 0.25) is 0 Å². The van der Waals surface area contributed by atoms with Gasteiger partial charge in [-0.2, -0.15) is 13.2 Å². The molecule has 2 fully saturated rings. The van der Waals surface area contributed by atoms with Gasteiger partial charge in [0.2, 0.25) is 5.88 Å². The lowest BCUT2D eigenvalue weighted by Gasteiger charge is -2.48. The maximum absolute atomic E-state index is 12.2. The number of ether oxygens (including phenoxy) is 2. The van der Waals surface area contributed by atoms with Crippen molar-refractivity contribution in [2.24, 2.45) is 4.99 Å². The third-order valence-electron chi connectivity index (χ3n) is 5.92. The highest BCUT2D eigenvalue weighted by atomic mass is 19.4. The second kappa shape index (κ2) is 11.0. The van der Waals surface area contributed by atoms with Gasteiger partial charge < -0.3 is 20.1 Å². The van der Waals surface area contributed by atoms with Crippen molar-refractivity contribution in [3.8, 4) is 5.88 Å². The summed E-state index contributed by atoms with van der Waals surface area (Å²) in [7, 11) is 1.73. The molecule has 2 heterocycles. The third-order valence-corrected chi connectivity index (χ3v) is 5.92. The van der Waals surface area contributed by atoms with Gasteiger partial charge in [0.25, 0.3) is 0 Å². The summed E-state index contributed by atoms with van der Waals surface area (Å²) in [5, 5.41) is 6.74. The number of rotatable bonds is 7. The van der Waals surface area contributed by atoms with Crippen LogP contribution < -0.4 is 15.4 Å². The quantitative estimate of drug-likeness (QED) is 0.499. The second-order valence-electron chi connectivity index (χ2n) is 8.07. The summed E-state index contributed by atoms with van der Waals surface area (Å²) in [5.41, 5.74) is 0.946. The third kappa shape index (κ3) is 7.24. The van der Waals surface area contributed by atoms with Gasteiger partial charge in [-0.25, -0.2) is 4.98 Å². The summed E-state index contributed by atoms with van der Waals surface area (Å²) in [6.45, 7) is 3.41. The molecular weight excluding hydrogens is 411 g/mol. The molecule has 0 unspecified atom stereocenters. The fraction of sp³-hybridized carbons (Fsp3) is 0.714. The maximum atomic E-state index is 12.2. The molecule has 2 aliphatic rings. The molecule has 1 aliphatic heterocycles. The molecule has 10 heteroatoms. The van der Waals surface area contributed by atoms with E-state index >= 15 is 0 Å². The number of nitrogens with zero attached hydrogens (tertiary/aromatic N) is 3. The fourth-order valence-electron chi connectivity index (χ4n) is 4.26. The molecule has 2 N–H and O–H groups in total. The van der Waals surface area contributed by atoms with E-state index in [1.165, 1.54) is 44.4 Å². The van der Waals surface area contributed by atoms with Gasteiger partial charge in [0.15, 0.2) is 12.6 Å². The summed E-state index contributed by atoms with van der Waals surface area (Å²) in [6.07, 6.45) is 3.22. The highest BCUT2D eigenvalue weighted by Gasteiger charge is 2.38. The van der Waals surface area contributed by atoms with Crippen LogP contribution in [0.3, 0.4) is 0 Å². The molecule has 0 bridgehead atoms. The first kappa shape index (κ1) is 23.6. The van der Waals surface area contributed by atoms with Crippen LogP contribution >= 0.6 is 0 Å². The Morgan fingerprint density at radius 3 is 2.55 bits per heavy atom. The average Bonchev–Trinajstić information content (AvgIpc) is 2.79. The highest BCUT2D eigenvalue weighted by Crippen LogP contribution is 2.33. The van der Waals surface area contributed by atoms with Crippen LogP contribution in [0, 0.1) is 0 Å². The number of morpholine rings is 1. The number of alkyl halides is 3. The molecule has 1 saturated carbocycles. The summed E-state index contributed by atoms with van der Waals surface area (Å²) >= 11 is 0. The van der Waals surface area contributed by atoms with Gasteiger partial charge in [0.1, 0.15) is 0 Å². The van der Waals surface area contributed by atoms with E-state index in [2.05, 4.69) is 30.2 Å². The molecule has 3 rings (SSSR count). The molecule has 0 spiro atoms. The van der Waals surface area contributed by atoms with Gasteiger partial charge in [-0.1, -0.05) is 25.3 Å². The number of hydrogen-bond donors (Lipinski definition) is 2. The number of halogens is 3. The molecule has 0 aromatic carbocycles. The van der Waals surface area contributed by atoms with Gasteiger partial charge in [-0.05, 0) is 18.4 Å². The molecule has 1 aliphatic carbocycles. The Morgan fingerprint density at radius 1 is 1.19 bits per heavy atom. The van der Waals surface area contributed by atoms with Crippen molar-refractivity contribution in [3.63, 3.8) is 0 Å². The Balaban J connectivity index is 1.50. The predicted octanol–water partition coefficient (Wildman–Crippen LogP) is 2.72. The zero-order chi connectivity index (χ0) is 22.2. The van der Waals surface area contributed by atoms with Gasteiger partial charge in [-0.3, -0.25) is 9.89 Å². The fourth-order valence-corrected chi connectivity index (χ4v) is 4.26. The SMILES string of the molecule is CN=C(NCc1ccc(OCC(F)(F)F)nc1)NCC1(N2CCOCC2)CCCCC1. The standard InChI is InChI=1S/C21H32F3N5O2/c1-25-19(27-14-17-5-6-18(26-13-17)31-16-21(22,23)24)28-15-20(7-3-2-4-8-20)29-9-11-30-12-10-29/h5-6,13H,2-4,7-12,14-16H2,1H3,(H2,25,27,28). The number of guanidine groups is 1. The van der Waals surface area contributed by atoms with E-state index in [-0.39, 0.29) is 11.4 Å². The number of nitrogens with one attached hydrogen (secondary N) is 2. The van der Waals surface area contributed by atoms with E-state index in [0.29, 0.717) is 12.5 Å². The van der Waals surface area contributed by atoms with Crippen molar-refractivity contribution in [1.82, 2.24) is 20.5 Å². The molecule has 0 atom stereocenters. The molecule has 174 valence electrons. The van der Waals surface area contributed by atoms with Gasteiger partial charge in [-0.15, -0.1) is 0 Å². The minimum atomic E-state index is -4.38.